The number of allylic oxidation sites excluding steroid dienone is 1. The maximum Gasteiger partial charge on any atom is 0.264 e. The molecule has 0 aromatic heterocycles. The second-order valence-corrected chi connectivity index (χ2v) is 18.5. The lowest BCUT2D eigenvalue weighted by Gasteiger charge is -2.42. The van der Waals surface area contributed by atoms with Crippen LogP contribution in [-0.4, -0.2) is 100 Å². The molecule has 2 aromatic rings. The van der Waals surface area contributed by atoms with E-state index in [1.807, 2.05) is 17.0 Å². The quantitative estimate of drug-likeness (QED) is 0.413. The smallest absolute Gasteiger partial charge is 0.264 e. The summed E-state index contributed by atoms with van der Waals surface area (Å²) in [5.74, 6) is -1.38. The van der Waals surface area contributed by atoms with E-state index in [0.29, 0.717) is 62.5 Å². The van der Waals surface area contributed by atoms with Crippen LogP contribution in [0, 0.1) is 11.8 Å². The van der Waals surface area contributed by atoms with Gasteiger partial charge in [-0.2, -0.15) is 0 Å². The van der Waals surface area contributed by atoms with E-state index >= 15 is 4.39 Å². The highest BCUT2D eigenvalue weighted by Gasteiger charge is 2.45. The lowest BCUT2D eigenvalue weighted by Crippen LogP contribution is -2.54. The Labute approximate surface area is 318 Å². The van der Waals surface area contributed by atoms with Gasteiger partial charge in [0.15, 0.2) is 0 Å². The second kappa shape index (κ2) is 15.5. The van der Waals surface area contributed by atoms with E-state index in [0.717, 1.165) is 44.9 Å². The number of hydrogen-bond donors (Lipinski definition) is 1. The number of rotatable bonds is 3. The summed E-state index contributed by atoms with van der Waals surface area (Å²) in [6, 6.07) is 9.79. The van der Waals surface area contributed by atoms with Crippen LogP contribution >= 0.6 is 11.6 Å². The number of sulfonamides is 1. The van der Waals surface area contributed by atoms with Crippen molar-refractivity contribution in [1.82, 2.24) is 14.5 Å². The summed E-state index contributed by atoms with van der Waals surface area (Å²) in [6.07, 6.45) is 7.63. The topological polar surface area (TPSA) is 108 Å². The Morgan fingerprint density at radius 1 is 1.13 bits per heavy atom. The summed E-state index contributed by atoms with van der Waals surface area (Å²) >= 11 is 6.46. The molecule has 6 atom stereocenters. The van der Waals surface area contributed by atoms with E-state index in [1.54, 1.807) is 37.1 Å². The summed E-state index contributed by atoms with van der Waals surface area (Å²) < 4.78 is 58.4. The number of anilines is 1. The van der Waals surface area contributed by atoms with Crippen molar-refractivity contribution in [3.05, 3.63) is 70.0 Å². The molecule has 2 amide bonds. The third kappa shape index (κ3) is 7.84. The fraction of sp³-hybridized carbons (Fsp3) is 0.600. The van der Waals surface area contributed by atoms with Crippen molar-refractivity contribution in [2.45, 2.75) is 88.0 Å². The number of nitrogens with one attached hydrogen (secondary N) is 1. The molecule has 1 spiro atoms. The van der Waals surface area contributed by atoms with Gasteiger partial charge in [0.1, 0.15) is 17.6 Å². The molecule has 7 rings (SSSR count). The molecule has 1 unspecified atom stereocenters. The number of halogens is 2. The Bertz CT molecular complexity index is 1850. The summed E-state index contributed by atoms with van der Waals surface area (Å²) in [5.41, 5.74) is 2.84. The minimum atomic E-state index is -4.13. The summed E-state index contributed by atoms with van der Waals surface area (Å²) in [4.78, 5) is 33.9. The van der Waals surface area contributed by atoms with Crippen LogP contribution in [-0.2, 0) is 31.4 Å². The lowest BCUT2D eigenvalue weighted by molar-refractivity contribution is -0.136. The van der Waals surface area contributed by atoms with Crippen LogP contribution in [0.2, 0.25) is 5.02 Å². The number of amides is 2. The zero-order valence-corrected chi connectivity index (χ0v) is 32.6. The first-order chi connectivity index (χ1) is 25.3. The molecule has 2 fully saturated rings. The molecule has 2 aromatic carbocycles. The maximum atomic E-state index is 16.8. The summed E-state index contributed by atoms with van der Waals surface area (Å²) in [7, 11) is -2.39. The molecule has 1 N–H and O–H groups in total. The predicted molar refractivity (Wildman–Crippen MR) is 204 cm³/mol. The van der Waals surface area contributed by atoms with Gasteiger partial charge in [0.25, 0.3) is 5.91 Å². The van der Waals surface area contributed by atoms with Crippen LogP contribution in [0.1, 0.15) is 80.3 Å². The van der Waals surface area contributed by atoms with Gasteiger partial charge in [-0.05, 0) is 118 Å². The molecule has 53 heavy (non-hydrogen) atoms. The molecule has 4 heterocycles. The number of likely N-dealkylation sites (N-methyl/N-ethyl adjacent to an activating group) is 1. The zero-order chi connectivity index (χ0) is 37.5. The number of hydrogen-bond acceptors (Lipinski definition) is 8. The Hall–Kier alpha value is -3.19. The van der Waals surface area contributed by atoms with Crippen molar-refractivity contribution >= 4 is 39.1 Å². The van der Waals surface area contributed by atoms with Gasteiger partial charge < -0.3 is 19.3 Å². The van der Waals surface area contributed by atoms with Crippen molar-refractivity contribution in [3.8, 4) is 5.75 Å². The van der Waals surface area contributed by atoms with Crippen molar-refractivity contribution in [2.24, 2.45) is 11.8 Å². The Kier molecular flexibility index (Phi) is 11.2. The van der Waals surface area contributed by atoms with Gasteiger partial charge in [0, 0.05) is 55.3 Å². The van der Waals surface area contributed by atoms with Crippen molar-refractivity contribution in [3.63, 3.8) is 0 Å². The van der Waals surface area contributed by atoms with Gasteiger partial charge in [0.2, 0.25) is 15.9 Å². The molecule has 1 aliphatic carbocycles. The number of carbonyl (C=O) groups is 2. The molecule has 13 heteroatoms. The van der Waals surface area contributed by atoms with Crippen LogP contribution in [0.15, 0.2) is 48.3 Å². The van der Waals surface area contributed by atoms with Gasteiger partial charge in [0.05, 0.1) is 24.2 Å². The predicted octanol–water partition coefficient (Wildman–Crippen LogP) is 5.87. The van der Waals surface area contributed by atoms with Crippen LogP contribution in [0.4, 0.5) is 10.1 Å². The Morgan fingerprint density at radius 2 is 1.96 bits per heavy atom. The van der Waals surface area contributed by atoms with Gasteiger partial charge in [-0.15, -0.1) is 0 Å². The molecule has 4 aliphatic heterocycles. The SMILES string of the molecule is C[C@@H]1[C@@H](C)C/C=C(\F)[C@H](C(=O)N(C)CC2CCCOC2)N2CCC[C@H]2CN2C[C@@]3(CCCc4cc(Cl)ccc43)COc3ccc(cc32)C(=O)NS1(=O)=O. The maximum absolute atomic E-state index is 16.8. The number of aryl methyl sites for hydroxylation is 1. The minimum absolute atomic E-state index is 0.0822. The molecule has 288 valence electrons. The fourth-order valence-electron chi connectivity index (χ4n) is 9.15. The molecule has 0 radical (unpaired) electrons. The van der Waals surface area contributed by atoms with Crippen LogP contribution in [0.3, 0.4) is 0 Å². The first kappa shape index (κ1) is 38.1. The lowest BCUT2D eigenvalue weighted by atomic mass is 9.70. The van der Waals surface area contributed by atoms with E-state index in [9.17, 15) is 18.0 Å². The monoisotopic (exact) mass is 770 g/mol. The van der Waals surface area contributed by atoms with Gasteiger partial charge in [-0.25, -0.2) is 17.5 Å². The van der Waals surface area contributed by atoms with Crippen LogP contribution < -0.4 is 14.4 Å². The van der Waals surface area contributed by atoms with Gasteiger partial charge >= 0.3 is 0 Å². The average Bonchev–Trinajstić information content (AvgIpc) is 3.53. The molecular formula is C40H52ClFN4O6S. The highest BCUT2D eigenvalue weighted by molar-refractivity contribution is 7.90. The number of nitrogens with zero attached hydrogens (tertiary/aromatic N) is 3. The van der Waals surface area contributed by atoms with E-state index in [4.69, 9.17) is 21.1 Å². The molecular weight excluding hydrogens is 719 g/mol. The van der Waals surface area contributed by atoms with Gasteiger partial charge in [-0.3, -0.25) is 14.5 Å². The largest absolute Gasteiger partial charge is 0.490 e. The third-order valence-corrected chi connectivity index (χ3v) is 14.5. The zero-order valence-electron chi connectivity index (χ0n) is 31.0. The first-order valence-electron chi connectivity index (χ1n) is 19.2. The number of carbonyl (C=O) groups excluding carboxylic acids is 2. The van der Waals surface area contributed by atoms with E-state index in [-0.39, 0.29) is 29.9 Å². The van der Waals surface area contributed by atoms with Crippen molar-refractivity contribution in [2.75, 3.05) is 57.9 Å². The Morgan fingerprint density at radius 3 is 2.75 bits per heavy atom. The normalized spacial score (nSPS) is 31.6. The molecule has 2 bridgehead atoms. The fourth-order valence-corrected chi connectivity index (χ4v) is 10.6. The summed E-state index contributed by atoms with van der Waals surface area (Å²) in [6.45, 7) is 6.95. The number of fused-ring (bicyclic) bond motifs is 4. The minimum Gasteiger partial charge on any atom is -0.490 e. The van der Waals surface area contributed by atoms with Crippen molar-refractivity contribution < 1.29 is 31.9 Å². The standard InChI is InChI=1S/C40H52ClFN4O6S/c1-26-10-14-34(42)37(39(48)44(3)21-28-7-6-18-51-23-28)46-17-5-9-32(46)22-45-24-40(16-4-8-29-19-31(41)12-13-33(29)40)25-52-36-15-11-30(20-35(36)45)38(47)43-53(49,50)27(26)2/h11-15,19-20,26-28,32,37H,4-10,16-18,21-25H2,1-3H3,(H,43,47)/b34-14-/t26-,27+,28?,32-,37+,40-/m0/s1. The van der Waals surface area contributed by atoms with Crippen LogP contribution in [0.5, 0.6) is 5.75 Å². The molecule has 10 nitrogen and oxygen atoms in total. The highest BCUT2D eigenvalue weighted by Crippen LogP contribution is 2.45. The van der Waals surface area contributed by atoms with E-state index in [2.05, 4.69) is 15.7 Å². The van der Waals surface area contributed by atoms with Crippen molar-refractivity contribution in [1.29, 1.82) is 0 Å². The van der Waals surface area contributed by atoms with Crippen LogP contribution in [0.25, 0.3) is 0 Å². The highest BCUT2D eigenvalue weighted by atomic mass is 35.5. The Balaban J connectivity index is 1.31. The molecule has 0 saturated carbocycles. The van der Waals surface area contributed by atoms with E-state index in [1.165, 1.54) is 24.1 Å². The summed E-state index contributed by atoms with van der Waals surface area (Å²) in [5, 5.41) is -0.321. The number of ether oxygens (including phenoxy) is 2. The first-order valence-corrected chi connectivity index (χ1v) is 21.1. The number of benzene rings is 2. The second-order valence-electron chi connectivity index (χ2n) is 16.0. The van der Waals surface area contributed by atoms with E-state index < -0.39 is 44.4 Å². The third-order valence-electron chi connectivity index (χ3n) is 12.4. The molecule has 2 saturated heterocycles. The molecule has 5 aliphatic rings. The van der Waals surface area contributed by atoms with Gasteiger partial charge in [-0.1, -0.05) is 30.7 Å². The average molecular weight is 771 g/mol.